The first-order valence-corrected chi connectivity index (χ1v) is 7.38. The highest BCUT2D eigenvalue weighted by Gasteiger charge is 2.32. The van der Waals surface area contributed by atoms with Crippen LogP contribution in [0.4, 0.5) is 0 Å². The maximum Gasteiger partial charge on any atom is 0.306 e. The first-order valence-electron chi connectivity index (χ1n) is 7.38. The fourth-order valence-electron chi connectivity index (χ4n) is 2.90. The van der Waals surface area contributed by atoms with Gasteiger partial charge in [0.15, 0.2) is 0 Å². The summed E-state index contributed by atoms with van der Waals surface area (Å²) in [5, 5.41) is 16.7. The molecule has 20 heavy (non-hydrogen) atoms. The van der Waals surface area contributed by atoms with Crippen LogP contribution in [0, 0.1) is 17.8 Å². The lowest BCUT2D eigenvalue weighted by Gasteiger charge is -2.16. The molecule has 1 heterocycles. The van der Waals surface area contributed by atoms with Gasteiger partial charge in [-0.2, -0.15) is 5.10 Å². The molecule has 0 bridgehead atoms. The average molecular weight is 280 g/mol. The van der Waals surface area contributed by atoms with Crippen LogP contribution in [0.15, 0.2) is 6.33 Å². The molecule has 0 radical (unpaired) electrons. The van der Waals surface area contributed by atoms with Crippen LogP contribution < -0.4 is 5.32 Å². The highest BCUT2D eigenvalue weighted by molar-refractivity contribution is 5.70. The lowest BCUT2D eigenvalue weighted by molar-refractivity contribution is -0.142. The molecule has 2 N–H and O–H groups in total. The number of aliphatic carboxylic acids is 1. The van der Waals surface area contributed by atoms with Crippen molar-refractivity contribution in [2.75, 3.05) is 6.54 Å². The Bertz CT molecular complexity index is 444. The Morgan fingerprint density at radius 3 is 3.05 bits per heavy atom. The molecular weight excluding hydrogens is 256 g/mol. The maximum atomic E-state index is 11.1. The summed E-state index contributed by atoms with van der Waals surface area (Å²) in [6, 6.07) is 0. The molecule has 0 spiro atoms. The largest absolute Gasteiger partial charge is 0.481 e. The summed E-state index contributed by atoms with van der Waals surface area (Å²) in [5.74, 6) is 0.854. The van der Waals surface area contributed by atoms with E-state index in [-0.39, 0.29) is 11.8 Å². The number of carboxylic acid groups (broad SMARTS) is 1. The van der Waals surface area contributed by atoms with E-state index in [1.807, 2.05) is 4.68 Å². The van der Waals surface area contributed by atoms with Crippen molar-refractivity contribution >= 4 is 5.97 Å². The highest BCUT2D eigenvalue weighted by Crippen LogP contribution is 2.31. The molecule has 112 valence electrons. The molecule has 2 unspecified atom stereocenters. The van der Waals surface area contributed by atoms with Gasteiger partial charge in [-0.15, -0.1) is 0 Å². The van der Waals surface area contributed by atoms with Crippen molar-refractivity contribution in [3.8, 4) is 0 Å². The van der Waals surface area contributed by atoms with Crippen molar-refractivity contribution in [1.82, 2.24) is 20.1 Å². The molecule has 1 fully saturated rings. The van der Waals surface area contributed by atoms with E-state index in [0.29, 0.717) is 12.5 Å². The monoisotopic (exact) mass is 280 g/mol. The quantitative estimate of drug-likeness (QED) is 0.791. The van der Waals surface area contributed by atoms with E-state index in [4.69, 9.17) is 5.11 Å². The van der Waals surface area contributed by atoms with Gasteiger partial charge < -0.3 is 10.4 Å². The number of aromatic nitrogens is 3. The summed E-state index contributed by atoms with van der Waals surface area (Å²) in [5.41, 5.74) is 0. The molecule has 1 aromatic rings. The molecule has 1 aromatic heterocycles. The van der Waals surface area contributed by atoms with E-state index in [1.165, 1.54) is 0 Å². The second-order valence-corrected chi connectivity index (χ2v) is 6.02. The van der Waals surface area contributed by atoms with Crippen LogP contribution in [0.1, 0.15) is 38.9 Å². The van der Waals surface area contributed by atoms with E-state index in [2.05, 4.69) is 29.2 Å². The summed E-state index contributed by atoms with van der Waals surface area (Å²) in [6.07, 6.45) is 4.41. The molecule has 1 aliphatic rings. The third-order valence-corrected chi connectivity index (χ3v) is 3.90. The maximum absolute atomic E-state index is 11.1. The van der Waals surface area contributed by atoms with Gasteiger partial charge in [-0.25, -0.2) is 9.67 Å². The number of nitrogens with one attached hydrogen (secondary N) is 1. The smallest absolute Gasteiger partial charge is 0.306 e. The number of carboxylic acids is 1. The van der Waals surface area contributed by atoms with E-state index < -0.39 is 5.97 Å². The zero-order chi connectivity index (χ0) is 14.5. The van der Waals surface area contributed by atoms with Gasteiger partial charge in [-0.1, -0.05) is 20.3 Å². The summed E-state index contributed by atoms with van der Waals surface area (Å²) in [6.45, 7) is 6.54. The predicted molar refractivity (Wildman–Crippen MR) is 75.0 cm³/mol. The zero-order valence-electron chi connectivity index (χ0n) is 12.2. The van der Waals surface area contributed by atoms with Crippen LogP contribution in [0.2, 0.25) is 0 Å². The molecule has 0 amide bonds. The summed E-state index contributed by atoms with van der Waals surface area (Å²) >= 11 is 0. The normalized spacial score (nSPS) is 22.6. The standard InChI is InChI=1S/C14H24N4O2/c1-10(2)8-18-13(16-9-17-18)7-15-6-11-4-3-5-12(11)14(19)20/h9-12,15H,3-8H2,1-2H3,(H,19,20). The van der Waals surface area contributed by atoms with Gasteiger partial charge in [0, 0.05) is 6.54 Å². The van der Waals surface area contributed by atoms with Gasteiger partial charge in [-0.05, 0) is 31.2 Å². The molecule has 1 saturated carbocycles. The van der Waals surface area contributed by atoms with Crippen LogP contribution in [0.5, 0.6) is 0 Å². The van der Waals surface area contributed by atoms with E-state index >= 15 is 0 Å². The molecule has 0 saturated heterocycles. The van der Waals surface area contributed by atoms with Crippen molar-refractivity contribution in [1.29, 1.82) is 0 Å². The fraction of sp³-hybridized carbons (Fsp3) is 0.786. The molecule has 2 rings (SSSR count). The molecule has 6 heteroatoms. The third kappa shape index (κ3) is 3.79. The predicted octanol–water partition coefficient (Wildman–Crippen LogP) is 1.52. The molecular formula is C14H24N4O2. The van der Waals surface area contributed by atoms with Crippen LogP contribution in [-0.2, 0) is 17.9 Å². The molecule has 0 aromatic carbocycles. The Labute approximate surface area is 119 Å². The molecule has 0 aliphatic heterocycles. The van der Waals surface area contributed by atoms with E-state index in [9.17, 15) is 4.79 Å². The highest BCUT2D eigenvalue weighted by atomic mass is 16.4. The Kier molecular flexibility index (Phi) is 5.11. The van der Waals surface area contributed by atoms with Crippen molar-refractivity contribution in [2.24, 2.45) is 17.8 Å². The van der Waals surface area contributed by atoms with Crippen molar-refractivity contribution < 1.29 is 9.90 Å². The van der Waals surface area contributed by atoms with E-state index in [0.717, 1.165) is 38.2 Å². The second kappa shape index (κ2) is 6.83. The van der Waals surface area contributed by atoms with Crippen LogP contribution in [0.3, 0.4) is 0 Å². The average Bonchev–Trinajstić information content (AvgIpc) is 2.98. The van der Waals surface area contributed by atoms with Crippen molar-refractivity contribution in [2.45, 2.75) is 46.2 Å². The zero-order valence-corrected chi connectivity index (χ0v) is 12.2. The Balaban J connectivity index is 1.81. The van der Waals surface area contributed by atoms with Gasteiger partial charge in [-0.3, -0.25) is 4.79 Å². The number of rotatable bonds is 7. The van der Waals surface area contributed by atoms with Gasteiger partial charge in [0.05, 0.1) is 12.5 Å². The Hall–Kier alpha value is -1.43. The molecule has 2 atom stereocenters. The number of hydrogen-bond acceptors (Lipinski definition) is 4. The van der Waals surface area contributed by atoms with Crippen LogP contribution in [-0.4, -0.2) is 32.4 Å². The van der Waals surface area contributed by atoms with Crippen LogP contribution in [0.25, 0.3) is 0 Å². The number of carbonyl (C=O) groups is 1. The van der Waals surface area contributed by atoms with Crippen LogP contribution >= 0.6 is 0 Å². The molecule has 6 nitrogen and oxygen atoms in total. The van der Waals surface area contributed by atoms with Gasteiger partial charge in [0.1, 0.15) is 12.2 Å². The first-order chi connectivity index (χ1) is 9.58. The fourth-order valence-corrected chi connectivity index (χ4v) is 2.90. The third-order valence-electron chi connectivity index (χ3n) is 3.90. The van der Waals surface area contributed by atoms with Crippen molar-refractivity contribution in [3.05, 3.63) is 12.2 Å². The summed E-state index contributed by atoms with van der Waals surface area (Å²) in [7, 11) is 0. The lowest BCUT2D eigenvalue weighted by Crippen LogP contribution is -2.29. The summed E-state index contributed by atoms with van der Waals surface area (Å²) in [4.78, 5) is 15.4. The van der Waals surface area contributed by atoms with Gasteiger partial charge in [0.2, 0.25) is 0 Å². The van der Waals surface area contributed by atoms with E-state index in [1.54, 1.807) is 6.33 Å². The number of hydrogen-bond donors (Lipinski definition) is 2. The lowest BCUT2D eigenvalue weighted by atomic mass is 9.96. The van der Waals surface area contributed by atoms with Crippen molar-refractivity contribution in [3.63, 3.8) is 0 Å². The SMILES string of the molecule is CC(C)Cn1ncnc1CNCC1CCCC1C(=O)O. The van der Waals surface area contributed by atoms with Gasteiger partial charge >= 0.3 is 5.97 Å². The molecule has 1 aliphatic carbocycles. The minimum atomic E-state index is -0.655. The Morgan fingerprint density at radius 1 is 1.55 bits per heavy atom. The Morgan fingerprint density at radius 2 is 2.35 bits per heavy atom. The minimum Gasteiger partial charge on any atom is -0.481 e. The van der Waals surface area contributed by atoms with Gasteiger partial charge in [0.25, 0.3) is 0 Å². The topological polar surface area (TPSA) is 80.0 Å². The number of nitrogens with zero attached hydrogens (tertiary/aromatic N) is 3. The minimum absolute atomic E-state index is 0.184. The first kappa shape index (κ1) is 15.0. The summed E-state index contributed by atoms with van der Waals surface area (Å²) < 4.78 is 1.92. The second-order valence-electron chi connectivity index (χ2n) is 6.02.